The first-order valence-electron chi connectivity index (χ1n) is 8.19. The summed E-state index contributed by atoms with van der Waals surface area (Å²) in [5.41, 5.74) is 1.31. The SMILES string of the molecule is CCN(CC)c1nc2sc(C(=O)N3CCc4sccc4C3)cc2s1. The number of rotatable bonds is 4. The van der Waals surface area contributed by atoms with Crippen molar-refractivity contribution in [3.63, 3.8) is 0 Å². The van der Waals surface area contributed by atoms with Crippen molar-refractivity contribution in [2.75, 3.05) is 24.5 Å². The van der Waals surface area contributed by atoms with Crippen LogP contribution in [0.5, 0.6) is 0 Å². The average Bonchev–Trinajstić information content (AvgIpc) is 3.28. The molecule has 0 saturated heterocycles. The van der Waals surface area contributed by atoms with Crippen LogP contribution in [-0.4, -0.2) is 35.4 Å². The molecule has 4 heterocycles. The molecule has 0 spiro atoms. The third-order valence-corrected chi connectivity index (χ3v) is 7.65. The fourth-order valence-corrected chi connectivity index (χ4v) is 6.23. The van der Waals surface area contributed by atoms with Crippen LogP contribution in [0.3, 0.4) is 0 Å². The van der Waals surface area contributed by atoms with Gasteiger partial charge in [-0.1, -0.05) is 11.3 Å². The molecule has 0 aromatic carbocycles. The maximum atomic E-state index is 12.8. The number of nitrogens with zero attached hydrogens (tertiary/aromatic N) is 3. The molecule has 3 aromatic rings. The Morgan fingerprint density at radius 3 is 2.92 bits per heavy atom. The Bertz CT molecular complexity index is 843. The number of aromatic nitrogens is 1. The topological polar surface area (TPSA) is 36.4 Å². The molecule has 1 amide bonds. The highest BCUT2D eigenvalue weighted by molar-refractivity contribution is 7.29. The highest BCUT2D eigenvalue weighted by atomic mass is 32.1. The molecule has 4 rings (SSSR count). The minimum Gasteiger partial charge on any atom is -0.349 e. The van der Waals surface area contributed by atoms with Crippen LogP contribution in [0, 0.1) is 0 Å². The monoisotopic (exact) mass is 377 g/mol. The third kappa shape index (κ3) is 2.74. The largest absolute Gasteiger partial charge is 0.349 e. The summed E-state index contributed by atoms with van der Waals surface area (Å²) in [6.45, 7) is 7.75. The van der Waals surface area contributed by atoms with Crippen LogP contribution in [0.4, 0.5) is 5.13 Å². The van der Waals surface area contributed by atoms with E-state index in [4.69, 9.17) is 4.98 Å². The van der Waals surface area contributed by atoms with Crippen LogP contribution in [0.2, 0.25) is 0 Å². The molecule has 0 bridgehead atoms. The summed E-state index contributed by atoms with van der Waals surface area (Å²) in [4.78, 5) is 25.0. The van der Waals surface area contributed by atoms with E-state index in [1.54, 1.807) is 22.7 Å². The van der Waals surface area contributed by atoms with Crippen LogP contribution >= 0.6 is 34.0 Å². The molecule has 0 radical (unpaired) electrons. The predicted molar refractivity (Wildman–Crippen MR) is 104 cm³/mol. The Labute approximate surface area is 153 Å². The van der Waals surface area contributed by atoms with E-state index in [1.807, 2.05) is 11.0 Å². The summed E-state index contributed by atoms with van der Waals surface area (Å²) in [6, 6.07) is 4.17. The number of anilines is 1. The summed E-state index contributed by atoms with van der Waals surface area (Å²) in [5, 5.41) is 3.18. The Balaban J connectivity index is 1.56. The van der Waals surface area contributed by atoms with Crippen molar-refractivity contribution in [1.29, 1.82) is 0 Å². The maximum absolute atomic E-state index is 12.8. The van der Waals surface area contributed by atoms with Crippen molar-refractivity contribution < 1.29 is 4.79 Å². The van der Waals surface area contributed by atoms with E-state index in [-0.39, 0.29) is 5.91 Å². The predicted octanol–water partition coefficient (Wildman–Crippen LogP) is 4.46. The molecule has 1 aliphatic rings. The lowest BCUT2D eigenvalue weighted by Crippen LogP contribution is -2.34. The van der Waals surface area contributed by atoms with Gasteiger partial charge in [-0.3, -0.25) is 4.79 Å². The summed E-state index contributed by atoms with van der Waals surface area (Å²) in [5.74, 6) is 0.145. The van der Waals surface area contributed by atoms with Crippen molar-refractivity contribution in [3.05, 3.63) is 32.8 Å². The zero-order chi connectivity index (χ0) is 16.7. The molecule has 0 N–H and O–H groups in total. The van der Waals surface area contributed by atoms with Gasteiger partial charge in [0.1, 0.15) is 4.83 Å². The first-order valence-corrected chi connectivity index (χ1v) is 10.7. The Kier molecular flexibility index (Phi) is 4.32. The Morgan fingerprint density at radius 2 is 2.17 bits per heavy atom. The second-order valence-electron chi connectivity index (χ2n) is 5.79. The lowest BCUT2D eigenvalue weighted by molar-refractivity contribution is 0.0741. The van der Waals surface area contributed by atoms with Crippen molar-refractivity contribution in [2.24, 2.45) is 0 Å². The zero-order valence-electron chi connectivity index (χ0n) is 13.7. The van der Waals surface area contributed by atoms with Crippen LogP contribution in [0.15, 0.2) is 17.5 Å². The van der Waals surface area contributed by atoms with Gasteiger partial charge in [0.2, 0.25) is 0 Å². The van der Waals surface area contributed by atoms with Gasteiger partial charge in [0.25, 0.3) is 5.91 Å². The lowest BCUT2D eigenvalue weighted by Gasteiger charge is -2.26. The fraction of sp³-hybridized carbons (Fsp3) is 0.412. The summed E-state index contributed by atoms with van der Waals surface area (Å²) >= 11 is 5.01. The quantitative estimate of drug-likeness (QED) is 0.673. The summed E-state index contributed by atoms with van der Waals surface area (Å²) in [6.07, 6.45) is 0.975. The standard InChI is InChI=1S/C17H19N3OS3/c1-3-19(4-2)17-18-15-13(24-17)9-14(23-15)16(21)20-7-5-12-11(10-20)6-8-22-12/h6,8-9H,3-5,7,10H2,1-2H3. The van der Waals surface area contributed by atoms with Crippen molar-refractivity contribution in [2.45, 2.75) is 26.8 Å². The molecule has 126 valence electrons. The molecule has 3 aromatic heterocycles. The van der Waals surface area contributed by atoms with E-state index in [9.17, 15) is 4.79 Å². The number of carbonyl (C=O) groups excluding carboxylic acids is 1. The maximum Gasteiger partial charge on any atom is 0.264 e. The van der Waals surface area contributed by atoms with Gasteiger partial charge in [0, 0.05) is 31.1 Å². The van der Waals surface area contributed by atoms with E-state index in [0.717, 1.165) is 52.1 Å². The molecule has 0 unspecified atom stereocenters. The van der Waals surface area contributed by atoms with Gasteiger partial charge in [-0.05, 0) is 43.3 Å². The molecule has 0 fully saturated rings. The molecule has 24 heavy (non-hydrogen) atoms. The number of hydrogen-bond acceptors (Lipinski definition) is 6. The van der Waals surface area contributed by atoms with Gasteiger partial charge in [-0.15, -0.1) is 22.7 Å². The number of thiazole rings is 1. The Hall–Kier alpha value is -1.44. The molecule has 7 heteroatoms. The second-order valence-corrected chi connectivity index (χ2v) is 8.83. The number of amides is 1. The van der Waals surface area contributed by atoms with Crippen LogP contribution in [0.25, 0.3) is 9.53 Å². The van der Waals surface area contributed by atoms with Crippen LogP contribution in [-0.2, 0) is 13.0 Å². The van der Waals surface area contributed by atoms with Gasteiger partial charge in [0.05, 0.1) is 9.58 Å². The Morgan fingerprint density at radius 1 is 1.33 bits per heavy atom. The zero-order valence-corrected chi connectivity index (χ0v) is 16.2. The first kappa shape index (κ1) is 16.1. The van der Waals surface area contributed by atoms with Crippen molar-refractivity contribution in [1.82, 2.24) is 9.88 Å². The molecular weight excluding hydrogens is 358 g/mol. The van der Waals surface area contributed by atoms with E-state index in [2.05, 4.69) is 30.2 Å². The van der Waals surface area contributed by atoms with Gasteiger partial charge in [-0.25, -0.2) is 4.98 Å². The number of thiophene rings is 2. The number of carbonyl (C=O) groups is 1. The normalized spacial score (nSPS) is 14.2. The summed E-state index contributed by atoms with van der Waals surface area (Å²) < 4.78 is 1.12. The molecule has 0 saturated carbocycles. The molecule has 0 aliphatic carbocycles. The van der Waals surface area contributed by atoms with Gasteiger partial charge >= 0.3 is 0 Å². The number of fused-ring (bicyclic) bond motifs is 2. The van der Waals surface area contributed by atoms with E-state index in [1.165, 1.54) is 21.8 Å². The minimum atomic E-state index is 0.145. The van der Waals surface area contributed by atoms with Crippen molar-refractivity contribution >= 4 is 54.6 Å². The van der Waals surface area contributed by atoms with Gasteiger partial charge in [-0.2, -0.15) is 0 Å². The molecule has 4 nitrogen and oxygen atoms in total. The summed E-state index contributed by atoms with van der Waals surface area (Å²) in [7, 11) is 0. The van der Waals surface area contributed by atoms with Crippen LogP contribution < -0.4 is 4.90 Å². The second kappa shape index (κ2) is 6.46. The first-order chi connectivity index (χ1) is 11.7. The molecule has 1 aliphatic heterocycles. The highest BCUT2D eigenvalue weighted by Gasteiger charge is 2.24. The molecule has 0 atom stereocenters. The highest BCUT2D eigenvalue weighted by Crippen LogP contribution is 2.35. The number of hydrogen-bond donors (Lipinski definition) is 0. The van der Waals surface area contributed by atoms with Crippen molar-refractivity contribution in [3.8, 4) is 0 Å². The van der Waals surface area contributed by atoms with E-state index in [0.29, 0.717) is 0 Å². The fourth-order valence-electron chi connectivity index (χ4n) is 3.04. The minimum absolute atomic E-state index is 0.145. The third-order valence-electron chi connectivity index (χ3n) is 4.42. The van der Waals surface area contributed by atoms with E-state index >= 15 is 0 Å². The van der Waals surface area contributed by atoms with Crippen LogP contribution in [0.1, 0.15) is 34.0 Å². The van der Waals surface area contributed by atoms with Gasteiger partial charge < -0.3 is 9.80 Å². The average molecular weight is 378 g/mol. The van der Waals surface area contributed by atoms with Gasteiger partial charge in [0.15, 0.2) is 5.13 Å². The smallest absolute Gasteiger partial charge is 0.264 e. The van der Waals surface area contributed by atoms with E-state index < -0.39 is 0 Å². The lowest BCUT2D eigenvalue weighted by atomic mass is 10.1. The molecular formula is C17H19N3OS3.